The average molecular weight is 197 g/mol. The molecular weight excluding hydrogens is 192 g/mol. The summed E-state index contributed by atoms with van der Waals surface area (Å²) in [5, 5.41) is 2.26. The summed E-state index contributed by atoms with van der Waals surface area (Å²) in [5.74, 6) is -1.41. The fraction of sp³-hybridized carbons (Fsp3) is 0. The van der Waals surface area contributed by atoms with E-state index < -0.39 is 17.3 Å². The van der Waals surface area contributed by atoms with Crippen LogP contribution >= 0.6 is 0 Å². The van der Waals surface area contributed by atoms with Crippen LogP contribution in [0.4, 0.5) is 8.78 Å². The molecule has 0 unspecified atom stereocenters. The number of benzene rings is 1. The Morgan fingerprint density at radius 3 is 2.21 bits per heavy atom. The molecule has 0 spiro atoms. The van der Waals surface area contributed by atoms with Gasteiger partial charge in [-0.25, -0.2) is 18.7 Å². The minimum Gasteiger partial charge on any atom is -0.339 e. The molecule has 3 nitrogen and oxygen atoms in total. The van der Waals surface area contributed by atoms with Gasteiger partial charge in [-0.3, -0.25) is 0 Å². The second-order valence-corrected chi connectivity index (χ2v) is 2.74. The summed E-state index contributed by atoms with van der Waals surface area (Å²) in [7, 11) is 0. The third kappa shape index (κ3) is 1.56. The maximum atomic E-state index is 12.8. The van der Waals surface area contributed by atoms with E-state index in [4.69, 9.17) is 0 Å². The molecule has 0 saturated carbocycles. The number of rotatable bonds is 1. The molecule has 0 amide bonds. The van der Waals surface area contributed by atoms with Gasteiger partial charge in [0, 0.05) is 11.6 Å². The molecule has 2 aromatic rings. The maximum Gasteiger partial charge on any atom is 0.357 e. The van der Waals surface area contributed by atoms with E-state index in [0.717, 1.165) is 24.3 Å². The molecule has 14 heavy (non-hydrogen) atoms. The fourth-order valence-electron chi connectivity index (χ4n) is 1.13. The lowest BCUT2D eigenvalue weighted by molar-refractivity contribution is 0.393. The highest BCUT2D eigenvalue weighted by Gasteiger charge is 2.05. The van der Waals surface area contributed by atoms with Crippen molar-refractivity contribution in [2.45, 2.75) is 0 Å². The number of aromatic nitrogens is 1. The Morgan fingerprint density at radius 2 is 1.71 bits per heavy atom. The molecule has 0 bridgehead atoms. The van der Waals surface area contributed by atoms with E-state index >= 15 is 0 Å². The van der Waals surface area contributed by atoms with Crippen molar-refractivity contribution in [1.29, 1.82) is 0 Å². The molecule has 72 valence electrons. The van der Waals surface area contributed by atoms with Crippen molar-refractivity contribution >= 4 is 0 Å². The van der Waals surface area contributed by atoms with Gasteiger partial charge in [-0.1, -0.05) is 0 Å². The minimum atomic E-state index is -0.706. The molecule has 0 aliphatic rings. The average Bonchev–Trinajstić information content (AvgIpc) is 2.50. The lowest BCUT2D eigenvalue weighted by atomic mass is 10.1. The summed E-state index contributed by atoms with van der Waals surface area (Å²) in [4.78, 5) is 10.6. The van der Waals surface area contributed by atoms with Crippen LogP contribution < -0.4 is 5.63 Å². The predicted octanol–water partition coefficient (Wildman–Crippen LogP) is 1.91. The molecule has 1 aromatic carbocycles. The Morgan fingerprint density at radius 1 is 1.07 bits per heavy atom. The zero-order valence-electron chi connectivity index (χ0n) is 6.88. The van der Waals surface area contributed by atoms with Crippen molar-refractivity contribution in [2.24, 2.45) is 0 Å². The molecule has 0 atom stereocenters. The lowest BCUT2D eigenvalue weighted by Crippen LogP contribution is -1.86. The van der Waals surface area contributed by atoms with Gasteiger partial charge < -0.3 is 4.52 Å². The topological polar surface area (TPSA) is 46.0 Å². The van der Waals surface area contributed by atoms with Crippen LogP contribution in [0.5, 0.6) is 0 Å². The maximum absolute atomic E-state index is 12.8. The molecule has 0 fully saturated rings. The number of hydrogen-bond donors (Lipinski definition) is 1. The molecule has 1 heterocycles. The van der Waals surface area contributed by atoms with Gasteiger partial charge in [-0.15, -0.1) is 0 Å². The van der Waals surface area contributed by atoms with Crippen LogP contribution in [-0.2, 0) is 0 Å². The van der Waals surface area contributed by atoms with Crippen LogP contribution in [0.15, 0.2) is 33.6 Å². The monoisotopic (exact) mass is 197 g/mol. The number of H-pyrrole nitrogens is 1. The van der Waals surface area contributed by atoms with Crippen molar-refractivity contribution in [3.8, 4) is 11.3 Å². The van der Waals surface area contributed by atoms with Crippen molar-refractivity contribution in [3.63, 3.8) is 0 Å². The number of aromatic amines is 1. The molecule has 5 heteroatoms. The highest BCUT2D eigenvalue weighted by molar-refractivity contribution is 5.57. The summed E-state index contributed by atoms with van der Waals surface area (Å²) in [6.07, 6.45) is 0. The van der Waals surface area contributed by atoms with E-state index in [0.29, 0.717) is 0 Å². The first-order valence-electron chi connectivity index (χ1n) is 3.80. The van der Waals surface area contributed by atoms with Gasteiger partial charge in [-0.05, 0) is 12.1 Å². The second kappa shape index (κ2) is 3.10. The van der Waals surface area contributed by atoms with Gasteiger partial charge in [0.15, 0.2) is 0 Å². The minimum absolute atomic E-state index is 0.230. The number of hydrogen-bond acceptors (Lipinski definition) is 2. The Labute approximate surface area is 76.9 Å². The summed E-state index contributed by atoms with van der Waals surface area (Å²) < 4.78 is 29.9. The smallest absolute Gasteiger partial charge is 0.339 e. The molecule has 1 aromatic heterocycles. The van der Waals surface area contributed by atoms with E-state index in [1.807, 2.05) is 0 Å². The van der Waals surface area contributed by atoms with Crippen LogP contribution in [0, 0.1) is 11.6 Å². The Hall–Kier alpha value is -1.91. The largest absolute Gasteiger partial charge is 0.357 e. The summed E-state index contributed by atoms with van der Waals surface area (Å²) in [5.41, 5.74) is -0.119. The Kier molecular flexibility index (Phi) is 1.92. The molecule has 0 aliphatic heterocycles. The van der Waals surface area contributed by atoms with E-state index in [9.17, 15) is 13.6 Å². The van der Waals surface area contributed by atoms with Crippen LogP contribution in [0.3, 0.4) is 0 Å². The fourth-order valence-corrected chi connectivity index (χ4v) is 1.13. The molecule has 0 saturated heterocycles. The van der Waals surface area contributed by atoms with Gasteiger partial charge in [-0.2, -0.15) is 0 Å². The van der Waals surface area contributed by atoms with Crippen LogP contribution in [-0.4, -0.2) is 5.16 Å². The standard InChI is InChI=1S/C9H5F2NO2/c10-6-1-5(2-7(11)3-6)8-4-9(13)14-12-8/h1-4,12H. The third-order valence-corrected chi connectivity index (χ3v) is 1.70. The Bertz CT molecular complexity index is 495. The van der Waals surface area contributed by atoms with Crippen LogP contribution in [0.25, 0.3) is 11.3 Å². The molecular formula is C9H5F2NO2. The van der Waals surface area contributed by atoms with E-state index in [2.05, 4.69) is 9.68 Å². The highest BCUT2D eigenvalue weighted by Crippen LogP contribution is 2.18. The van der Waals surface area contributed by atoms with Gasteiger partial charge >= 0.3 is 5.63 Å². The first-order valence-corrected chi connectivity index (χ1v) is 3.80. The zero-order valence-corrected chi connectivity index (χ0v) is 6.88. The van der Waals surface area contributed by atoms with Crippen LogP contribution in [0.1, 0.15) is 0 Å². The molecule has 0 aliphatic carbocycles. The number of nitrogens with one attached hydrogen (secondary N) is 1. The van der Waals surface area contributed by atoms with E-state index in [1.165, 1.54) is 0 Å². The summed E-state index contributed by atoms with van der Waals surface area (Å²) in [6, 6.07) is 4.07. The van der Waals surface area contributed by atoms with Crippen molar-refractivity contribution in [2.75, 3.05) is 0 Å². The van der Waals surface area contributed by atoms with Gasteiger partial charge in [0.05, 0.1) is 11.8 Å². The Balaban J connectivity index is 2.56. The third-order valence-electron chi connectivity index (χ3n) is 1.70. The first-order chi connectivity index (χ1) is 6.65. The van der Waals surface area contributed by atoms with Crippen molar-refractivity contribution < 1.29 is 13.3 Å². The number of halogens is 2. The molecule has 0 radical (unpaired) electrons. The molecule has 1 N–H and O–H groups in total. The van der Waals surface area contributed by atoms with Gasteiger partial charge in [0.25, 0.3) is 0 Å². The quantitative estimate of drug-likeness (QED) is 0.758. The summed E-state index contributed by atoms with van der Waals surface area (Å²) >= 11 is 0. The zero-order chi connectivity index (χ0) is 10.1. The SMILES string of the molecule is O=c1cc(-c2cc(F)cc(F)c2)[nH]o1. The van der Waals surface area contributed by atoms with Crippen molar-refractivity contribution in [1.82, 2.24) is 5.16 Å². The molecule has 2 rings (SSSR count). The van der Waals surface area contributed by atoms with Crippen LogP contribution in [0.2, 0.25) is 0 Å². The van der Waals surface area contributed by atoms with Gasteiger partial charge in [0.2, 0.25) is 0 Å². The summed E-state index contributed by atoms with van der Waals surface area (Å²) in [6.45, 7) is 0. The van der Waals surface area contributed by atoms with E-state index in [1.54, 1.807) is 0 Å². The lowest BCUT2D eigenvalue weighted by Gasteiger charge is -1.96. The highest BCUT2D eigenvalue weighted by atomic mass is 19.1. The normalized spacial score (nSPS) is 10.4. The first kappa shape index (κ1) is 8.68. The van der Waals surface area contributed by atoms with E-state index in [-0.39, 0.29) is 11.3 Å². The predicted molar refractivity (Wildman–Crippen MR) is 44.7 cm³/mol. The van der Waals surface area contributed by atoms with Gasteiger partial charge in [0.1, 0.15) is 11.6 Å². The van der Waals surface area contributed by atoms with Crippen molar-refractivity contribution in [3.05, 3.63) is 46.3 Å². The second-order valence-electron chi connectivity index (χ2n) is 2.74.